The van der Waals surface area contributed by atoms with Gasteiger partial charge in [0.25, 0.3) is 0 Å². The Morgan fingerprint density at radius 3 is 2.74 bits per heavy atom. The summed E-state index contributed by atoms with van der Waals surface area (Å²) in [5, 5.41) is 2.87. The van der Waals surface area contributed by atoms with E-state index in [9.17, 15) is 4.79 Å². The van der Waals surface area contributed by atoms with Crippen molar-refractivity contribution in [1.82, 2.24) is 0 Å². The summed E-state index contributed by atoms with van der Waals surface area (Å²) < 4.78 is 17.1. The monoisotopic (exact) mass is 367 g/mol. The summed E-state index contributed by atoms with van der Waals surface area (Å²) in [7, 11) is 0. The minimum absolute atomic E-state index is 0.223. The molecule has 5 heteroatoms. The van der Waals surface area contributed by atoms with Crippen molar-refractivity contribution in [2.24, 2.45) is 0 Å². The van der Waals surface area contributed by atoms with Crippen LogP contribution in [0.5, 0.6) is 17.2 Å². The topological polar surface area (TPSA) is 56.8 Å². The van der Waals surface area contributed by atoms with Gasteiger partial charge in [-0.2, -0.15) is 0 Å². The SMILES string of the molecule is CCCCOc1ccccc1NC(=O)/C=C/c1ccc2c(c1)OC(C)(C)O2. The number of anilines is 1. The van der Waals surface area contributed by atoms with E-state index < -0.39 is 5.79 Å². The number of carbonyl (C=O) groups is 1. The molecule has 1 amide bonds. The normalized spacial score (nSPS) is 14.3. The Kier molecular flexibility index (Phi) is 5.69. The average molecular weight is 367 g/mol. The fraction of sp³-hybridized carbons (Fsp3) is 0.318. The molecule has 3 rings (SSSR count). The molecule has 0 fully saturated rings. The van der Waals surface area contributed by atoms with Crippen molar-refractivity contribution in [1.29, 1.82) is 0 Å². The van der Waals surface area contributed by atoms with E-state index in [4.69, 9.17) is 14.2 Å². The van der Waals surface area contributed by atoms with E-state index in [0.29, 0.717) is 29.5 Å². The zero-order valence-corrected chi connectivity index (χ0v) is 16.0. The third kappa shape index (κ3) is 5.03. The van der Waals surface area contributed by atoms with E-state index >= 15 is 0 Å². The molecule has 1 aliphatic rings. The molecule has 0 saturated carbocycles. The Balaban J connectivity index is 1.63. The van der Waals surface area contributed by atoms with Crippen molar-refractivity contribution < 1.29 is 19.0 Å². The minimum atomic E-state index is -0.663. The van der Waals surface area contributed by atoms with Crippen LogP contribution in [-0.2, 0) is 4.79 Å². The highest BCUT2D eigenvalue weighted by atomic mass is 16.7. The van der Waals surface area contributed by atoms with Crippen LogP contribution in [0.25, 0.3) is 6.08 Å². The molecule has 0 radical (unpaired) electrons. The van der Waals surface area contributed by atoms with E-state index in [1.807, 2.05) is 56.3 Å². The van der Waals surface area contributed by atoms with Crippen molar-refractivity contribution >= 4 is 17.7 Å². The van der Waals surface area contributed by atoms with E-state index in [1.54, 1.807) is 6.08 Å². The van der Waals surface area contributed by atoms with E-state index in [2.05, 4.69) is 12.2 Å². The molecular weight excluding hydrogens is 342 g/mol. The molecule has 0 aliphatic carbocycles. The number of benzene rings is 2. The standard InChI is InChI=1S/C22H25NO4/c1-4-5-14-25-18-9-7-6-8-17(18)23-21(24)13-11-16-10-12-19-20(15-16)27-22(2,3)26-19/h6-13,15H,4-5,14H2,1-3H3,(H,23,24)/b13-11+. The smallest absolute Gasteiger partial charge is 0.248 e. The summed E-state index contributed by atoms with van der Waals surface area (Å²) in [6, 6.07) is 13.0. The Morgan fingerprint density at radius 2 is 1.93 bits per heavy atom. The zero-order valence-electron chi connectivity index (χ0n) is 16.0. The number of fused-ring (bicyclic) bond motifs is 1. The highest BCUT2D eigenvalue weighted by molar-refractivity contribution is 6.02. The number of ether oxygens (including phenoxy) is 3. The molecule has 1 N–H and O–H groups in total. The summed E-state index contributed by atoms with van der Waals surface area (Å²) in [6.45, 7) is 6.46. The maximum atomic E-state index is 12.3. The predicted molar refractivity (Wildman–Crippen MR) is 106 cm³/mol. The van der Waals surface area contributed by atoms with Crippen LogP contribution >= 0.6 is 0 Å². The summed E-state index contributed by atoms with van der Waals surface area (Å²) in [4.78, 5) is 12.3. The van der Waals surface area contributed by atoms with Gasteiger partial charge in [-0.05, 0) is 42.3 Å². The largest absolute Gasteiger partial charge is 0.491 e. The number of carbonyl (C=O) groups excluding carboxylic acids is 1. The van der Waals surface area contributed by atoms with Crippen LogP contribution in [0.3, 0.4) is 0 Å². The lowest BCUT2D eigenvalue weighted by atomic mass is 10.2. The van der Waals surface area contributed by atoms with Gasteiger partial charge in [0.1, 0.15) is 5.75 Å². The lowest BCUT2D eigenvalue weighted by molar-refractivity contribution is -0.111. The quantitative estimate of drug-likeness (QED) is 0.551. The number of nitrogens with one attached hydrogen (secondary N) is 1. The Morgan fingerprint density at radius 1 is 1.15 bits per heavy atom. The molecule has 0 saturated heterocycles. The van der Waals surface area contributed by atoms with Crippen LogP contribution in [0, 0.1) is 0 Å². The molecule has 142 valence electrons. The molecule has 5 nitrogen and oxygen atoms in total. The van der Waals surface area contributed by atoms with Gasteiger partial charge in [0.05, 0.1) is 12.3 Å². The second kappa shape index (κ2) is 8.16. The van der Waals surface area contributed by atoms with Gasteiger partial charge in [-0.25, -0.2) is 0 Å². The van der Waals surface area contributed by atoms with Crippen LogP contribution in [-0.4, -0.2) is 18.3 Å². The Hall–Kier alpha value is -2.95. The van der Waals surface area contributed by atoms with Gasteiger partial charge >= 0.3 is 0 Å². The minimum Gasteiger partial charge on any atom is -0.491 e. The first kappa shape index (κ1) is 18.8. The van der Waals surface area contributed by atoms with Crippen LogP contribution < -0.4 is 19.5 Å². The van der Waals surface area contributed by atoms with Crippen LogP contribution in [0.1, 0.15) is 39.2 Å². The van der Waals surface area contributed by atoms with E-state index in [0.717, 1.165) is 18.4 Å². The number of para-hydroxylation sites is 2. The van der Waals surface area contributed by atoms with Gasteiger partial charge in [0.2, 0.25) is 11.7 Å². The molecule has 1 aliphatic heterocycles. The van der Waals surface area contributed by atoms with Crippen molar-refractivity contribution in [3.8, 4) is 17.2 Å². The first-order valence-electron chi connectivity index (χ1n) is 9.20. The number of amides is 1. The maximum Gasteiger partial charge on any atom is 0.248 e. The lowest BCUT2D eigenvalue weighted by Crippen LogP contribution is -2.29. The summed E-state index contributed by atoms with van der Waals surface area (Å²) in [5.74, 6) is 1.18. The second-order valence-corrected chi connectivity index (χ2v) is 6.83. The number of rotatable bonds is 7. The summed E-state index contributed by atoms with van der Waals surface area (Å²) in [5.41, 5.74) is 1.52. The first-order valence-corrected chi connectivity index (χ1v) is 9.20. The average Bonchev–Trinajstić information content (AvgIpc) is 2.94. The van der Waals surface area contributed by atoms with Gasteiger partial charge in [-0.1, -0.05) is 31.5 Å². The molecular formula is C22H25NO4. The molecule has 0 spiro atoms. The summed E-state index contributed by atoms with van der Waals surface area (Å²) >= 11 is 0. The van der Waals surface area contributed by atoms with Crippen molar-refractivity contribution in [2.45, 2.75) is 39.4 Å². The highest BCUT2D eigenvalue weighted by Gasteiger charge is 2.31. The molecule has 0 atom stereocenters. The predicted octanol–water partition coefficient (Wildman–Crippen LogP) is 5.02. The van der Waals surface area contributed by atoms with Crippen molar-refractivity contribution in [3.63, 3.8) is 0 Å². The third-order valence-corrected chi connectivity index (χ3v) is 4.01. The second-order valence-electron chi connectivity index (χ2n) is 6.83. The molecule has 1 heterocycles. The zero-order chi connectivity index (χ0) is 19.3. The molecule has 27 heavy (non-hydrogen) atoms. The molecule has 0 unspecified atom stereocenters. The fourth-order valence-corrected chi connectivity index (χ4v) is 2.71. The molecule has 0 bridgehead atoms. The number of hydrogen-bond donors (Lipinski definition) is 1. The number of hydrogen-bond acceptors (Lipinski definition) is 4. The van der Waals surface area contributed by atoms with Gasteiger partial charge in [-0.3, -0.25) is 4.79 Å². The van der Waals surface area contributed by atoms with Crippen molar-refractivity contribution in [2.75, 3.05) is 11.9 Å². The van der Waals surface area contributed by atoms with Gasteiger partial charge in [0.15, 0.2) is 11.5 Å². The van der Waals surface area contributed by atoms with Crippen LogP contribution in [0.4, 0.5) is 5.69 Å². The Bertz CT molecular complexity index is 842. The van der Waals surface area contributed by atoms with Crippen molar-refractivity contribution in [3.05, 3.63) is 54.1 Å². The maximum absolute atomic E-state index is 12.3. The molecule has 2 aromatic rings. The first-order chi connectivity index (χ1) is 13.0. The van der Waals surface area contributed by atoms with Gasteiger partial charge in [-0.15, -0.1) is 0 Å². The van der Waals surface area contributed by atoms with E-state index in [-0.39, 0.29) is 5.91 Å². The van der Waals surface area contributed by atoms with E-state index in [1.165, 1.54) is 6.08 Å². The summed E-state index contributed by atoms with van der Waals surface area (Å²) in [6.07, 6.45) is 5.27. The van der Waals surface area contributed by atoms with Crippen LogP contribution in [0.15, 0.2) is 48.5 Å². The lowest BCUT2D eigenvalue weighted by Gasteiger charge is -2.16. The third-order valence-electron chi connectivity index (χ3n) is 4.01. The number of unbranched alkanes of at least 4 members (excludes halogenated alkanes) is 1. The fourth-order valence-electron chi connectivity index (χ4n) is 2.71. The molecule has 2 aromatic carbocycles. The van der Waals surface area contributed by atoms with Gasteiger partial charge in [0, 0.05) is 19.9 Å². The highest BCUT2D eigenvalue weighted by Crippen LogP contribution is 2.39. The Labute approximate surface area is 159 Å². The van der Waals surface area contributed by atoms with Crippen LogP contribution in [0.2, 0.25) is 0 Å². The molecule has 0 aromatic heterocycles. The van der Waals surface area contributed by atoms with Gasteiger partial charge < -0.3 is 19.5 Å².